The summed E-state index contributed by atoms with van der Waals surface area (Å²) in [6.07, 6.45) is 6.40. The molecule has 1 aromatic carbocycles. The number of hydrogen-bond donors (Lipinski definition) is 1. The van der Waals surface area contributed by atoms with E-state index < -0.39 is 0 Å². The van der Waals surface area contributed by atoms with Crippen molar-refractivity contribution in [1.29, 1.82) is 5.26 Å². The molecule has 156 valence electrons. The number of aryl methyl sites for hydroxylation is 2. The number of nitrogens with zero attached hydrogens (tertiary/aromatic N) is 3. The zero-order valence-electron chi connectivity index (χ0n) is 17.5. The maximum Gasteiger partial charge on any atom is 0.227 e. The summed E-state index contributed by atoms with van der Waals surface area (Å²) in [7, 11) is 1.63. The topological polar surface area (TPSA) is 78.2 Å². The van der Waals surface area contributed by atoms with Crippen LogP contribution in [0.5, 0.6) is 5.75 Å². The van der Waals surface area contributed by atoms with Crippen LogP contribution in [0.3, 0.4) is 0 Å². The highest BCUT2D eigenvalue weighted by Gasteiger charge is 2.25. The van der Waals surface area contributed by atoms with Crippen LogP contribution in [-0.2, 0) is 24.1 Å². The second kappa shape index (κ2) is 9.17. The number of methoxy groups -OCH3 is 1. The minimum Gasteiger partial charge on any atom is -0.496 e. The highest BCUT2D eigenvalue weighted by molar-refractivity contribution is 5.79. The average molecular weight is 405 g/mol. The van der Waals surface area contributed by atoms with Crippen LogP contribution in [0.1, 0.15) is 48.1 Å². The first-order valence-corrected chi connectivity index (χ1v) is 10.8. The minimum atomic E-state index is 0.127. The molecular weight excluding hydrogens is 376 g/mol. The first-order chi connectivity index (χ1) is 14.7. The van der Waals surface area contributed by atoms with E-state index in [1.54, 1.807) is 7.11 Å². The maximum absolute atomic E-state index is 12.8. The van der Waals surface area contributed by atoms with Gasteiger partial charge in [-0.05, 0) is 56.2 Å². The van der Waals surface area contributed by atoms with Crippen LogP contribution in [0.15, 0.2) is 30.3 Å². The van der Waals surface area contributed by atoms with Crippen LogP contribution in [-0.4, -0.2) is 42.0 Å². The summed E-state index contributed by atoms with van der Waals surface area (Å²) in [5.74, 6) is 1.59. The summed E-state index contributed by atoms with van der Waals surface area (Å²) in [5.41, 5.74) is 3.90. The van der Waals surface area contributed by atoms with Crippen LogP contribution in [0.4, 0.5) is 5.82 Å². The lowest BCUT2D eigenvalue weighted by molar-refractivity contribution is -0.131. The van der Waals surface area contributed by atoms with Gasteiger partial charge < -0.3 is 15.0 Å². The quantitative estimate of drug-likeness (QED) is 0.825. The van der Waals surface area contributed by atoms with Crippen LogP contribution < -0.4 is 10.1 Å². The number of ether oxygens (including phenoxy) is 1. The second-order valence-electron chi connectivity index (χ2n) is 8.10. The van der Waals surface area contributed by atoms with Gasteiger partial charge in [-0.25, -0.2) is 4.98 Å². The molecular formula is C24H28N4O2. The Morgan fingerprint density at radius 3 is 2.80 bits per heavy atom. The minimum absolute atomic E-state index is 0.127. The highest BCUT2D eigenvalue weighted by Crippen LogP contribution is 2.26. The van der Waals surface area contributed by atoms with Crippen molar-refractivity contribution in [2.75, 3.05) is 25.5 Å². The zero-order valence-corrected chi connectivity index (χ0v) is 17.5. The number of carbonyl (C=O) groups is 1. The molecule has 1 aliphatic carbocycles. The van der Waals surface area contributed by atoms with Crippen molar-refractivity contribution in [3.63, 3.8) is 0 Å². The predicted molar refractivity (Wildman–Crippen MR) is 116 cm³/mol. The molecule has 6 heteroatoms. The van der Waals surface area contributed by atoms with E-state index in [2.05, 4.69) is 11.4 Å². The smallest absolute Gasteiger partial charge is 0.227 e. The third-order valence-corrected chi connectivity index (χ3v) is 6.14. The van der Waals surface area contributed by atoms with Gasteiger partial charge >= 0.3 is 0 Å². The van der Waals surface area contributed by atoms with Crippen LogP contribution in [0.25, 0.3) is 0 Å². The van der Waals surface area contributed by atoms with Gasteiger partial charge in [-0.15, -0.1) is 0 Å². The van der Waals surface area contributed by atoms with Gasteiger partial charge in [-0.2, -0.15) is 5.26 Å². The van der Waals surface area contributed by atoms with Crippen molar-refractivity contribution >= 4 is 11.7 Å². The summed E-state index contributed by atoms with van der Waals surface area (Å²) < 4.78 is 5.36. The zero-order chi connectivity index (χ0) is 20.9. The number of hydrogen-bond acceptors (Lipinski definition) is 5. The molecule has 4 rings (SSSR count). The molecule has 1 amide bonds. The van der Waals surface area contributed by atoms with Crippen molar-refractivity contribution in [2.24, 2.45) is 0 Å². The fraction of sp³-hybridized carbons (Fsp3) is 0.458. The van der Waals surface area contributed by atoms with E-state index in [0.29, 0.717) is 30.9 Å². The van der Waals surface area contributed by atoms with Gasteiger partial charge in [-0.3, -0.25) is 4.79 Å². The first-order valence-electron chi connectivity index (χ1n) is 10.8. The number of para-hydroxylation sites is 1. The molecule has 30 heavy (non-hydrogen) atoms. The van der Waals surface area contributed by atoms with Crippen molar-refractivity contribution in [3.05, 3.63) is 52.7 Å². The number of carbonyl (C=O) groups excluding carboxylic acids is 1. The molecule has 2 aromatic rings. The number of aromatic nitrogens is 1. The SMILES string of the molecule is COc1ccccc1CC(=O)N1CCC(Nc2nc3c(cc2C#N)CCCC3)CC1. The summed E-state index contributed by atoms with van der Waals surface area (Å²) in [4.78, 5) is 19.5. The standard InChI is InChI=1S/C24H28N4O2/c1-30-22-9-5-3-7-18(22)15-23(29)28-12-10-20(11-13-28)26-24-19(16-25)14-17-6-2-4-8-21(17)27-24/h3,5,7,9,14,20H,2,4,6,8,10-13,15H2,1H3,(H,26,27). The Morgan fingerprint density at radius 2 is 2.03 bits per heavy atom. The van der Waals surface area contributed by atoms with E-state index in [4.69, 9.17) is 9.72 Å². The Labute approximate surface area is 177 Å². The van der Waals surface area contributed by atoms with E-state index in [-0.39, 0.29) is 11.9 Å². The Morgan fingerprint density at radius 1 is 1.27 bits per heavy atom. The summed E-state index contributed by atoms with van der Waals surface area (Å²) >= 11 is 0. The lowest BCUT2D eigenvalue weighted by Gasteiger charge is -2.33. The number of rotatable bonds is 5. The van der Waals surface area contributed by atoms with E-state index in [1.165, 1.54) is 12.0 Å². The molecule has 0 saturated carbocycles. The van der Waals surface area contributed by atoms with Gasteiger partial charge in [0.2, 0.25) is 5.91 Å². The van der Waals surface area contributed by atoms with Gasteiger partial charge in [0.05, 0.1) is 19.1 Å². The predicted octanol–water partition coefficient (Wildman–Crippen LogP) is 3.49. The lowest BCUT2D eigenvalue weighted by Crippen LogP contribution is -2.43. The second-order valence-corrected chi connectivity index (χ2v) is 8.10. The molecule has 6 nitrogen and oxygen atoms in total. The number of fused-ring (bicyclic) bond motifs is 1. The van der Waals surface area contributed by atoms with Crippen LogP contribution in [0.2, 0.25) is 0 Å². The molecule has 0 radical (unpaired) electrons. The van der Waals surface area contributed by atoms with E-state index >= 15 is 0 Å². The molecule has 2 aliphatic rings. The molecule has 0 atom stereocenters. The molecule has 1 N–H and O–H groups in total. The fourth-order valence-electron chi connectivity index (χ4n) is 4.42. The van der Waals surface area contributed by atoms with Crippen LogP contribution >= 0.6 is 0 Å². The highest BCUT2D eigenvalue weighted by atomic mass is 16.5. The van der Waals surface area contributed by atoms with E-state index in [9.17, 15) is 10.1 Å². The molecule has 1 aromatic heterocycles. The van der Waals surface area contributed by atoms with Gasteiger partial charge in [0.1, 0.15) is 17.6 Å². The number of pyridine rings is 1. The molecule has 0 unspecified atom stereocenters. The normalized spacial score (nSPS) is 16.5. The van der Waals surface area contributed by atoms with Crippen molar-refractivity contribution < 1.29 is 9.53 Å². The largest absolute Gasteiger partial charge is 0.496 e. The fourth-order valence-corrected chi connectivity index (χ4v) is 4.42. The average Bonchev–Trinajstić information content (AvgIpc) is 2.79. The lowest BCUT2D eigenvalue weighted by atomic mass is 9.94. The van der Waals surface area contributed by atoms with Crippen LogP contribution in [0, 0.1) is 11.3 Å². The Hall–Kier alpha value is -3.07. The Kier molecular flexibility index (Phi) is 6.18. The molecule has 1 saturated heterocycles. The molecule has 2 heterocycles. The Bertz CT molecular complexity index is 958. The number of nitriles is 1. The number of amides is 1. The molecule has 1 fully saturated rings. The van der Waals surface area contributed by atoms with Gasteiger partial charge in [0.15, 0.2) is 0 Å². The van der Waals surface area contributed by atoms with Crippen molar-refractivity contribution in [2.45, 2.75) is 51.0 Å². The number of likely N-dealkylation sites (tertiary alicyclic amines) is 1. The summed E-state index contributed by atoms with van der Waals surface area (Å²) in [6.45, 7) is 1.41. The van der Waals surface area contributed by atoms with E-state index in [0.717, 1.165) is 49.1 Å². The van der Waals surface area contributed by atoms with Gasteiger partial charge in [0.25, 0.3) is 0 Å². The van der Waals surface area contributed by atoms with Crippen molar-refractivity contribution in [1.82, 2.24) is 9.88 Å². The van der Waals surface area contributed by atoms with Gasteiger partial charge in [0, 0.05) is 30.4 Å². The van der Waals surface area contributed by atoms with E-state index in [1.807, 2.05) is 35.2 Å². The van der Waals surface area contributed by atoms with Gasteiger partial charge in [-0.1, -0.05) is 18.2 Å². The molecule has 1 aliphatic heterocycles. The maximum atomic E-state index is 12.8. The summed E-state index contributed by atoms with van der Waals surface area (Å²) in [5, 5.41) is 13.0. The number of nitrogens with one attached hydrogen (secondary N) is 1. The third-order valence-electron chi connectivity index (χ3n) is 6.14. The number of anilines is 1. The summed E-state index contributed by atoms with van der Waals surface area (Å²) in [6, 6.07) is 12.2. The number of piperidine rings is 1. The third kappa shape index (κ3) is 4.40. The first kappa shape index (κ1) is 20.2. The Balaban J connectivity index is 1.36. The number of benzene rings is 1. The monoisotopic (exact) mass is 404 g/mol. The van der Waals surface area contributed by atoms with Crippen molar-refractivity contribution in [3.8, 4) is 11.8 Å². The molecule has 0 bridgehead atoms. The molecule has 0 spiro atoms.